The van der Waals surface area contributed by atoms with Crippen molar-refractivity contribution in [3.63, 3.8) is 0 Å². The van der Waals surface area contributed by atoms with Crippen LogP contribution in [0.5, 0.6) is 0 Å². The van der Waals surface area contributed by atoms with Crippen LogP contribution in [0.25, 0.3) is 0 Å². The maximum Gasteiger partial charge on any atom is 0.248 e. The molecular formula is C10H21NO3. The van der Waals surface area contributed by atoms with E-state index in [2.05, 4.69) is 19.2 Å². The van der Waals surface area contributed by atoms with Crippen molar-refractivity contribution in [3.05, 3.63) is 0 Å². The Morgan fingerprint density at radius 1 is 1.43 bits per heavy atom. The van der Waals surface area contributed by atoms with E-state index in [1.807, 2.05) is 0 Å². The molecule has 1 fully saturated rings. The minimum atomic E-state index is -0.470. The van der Waals surface area contributed by atoms with Gasteiger partial charge in [-0.1, -0.05) is 39.5 Å². The Morgan fingerprint density at radius 3 is 2.21 bits per heavy atom. The third kappa shape index (κ3) is 6.86. The smallest absolute Gasteiger partial charge is 0.248 e. The molecule has 14 heavy (non-hydrogen) atoms. The molecule has 0 aromatic carbocycles. The highest BCUT2D eigenvalue weighted by Crippen LogP contribution is 1.95. The van der Waals surface area contributed by atoms with Gasteiger partial charge in [0.2, 0.25) is 5.91 Å². The fraction of sp³-hybridized carbons (Fsp3) is 0.900. The van der Waals surface area contributed by atoms with E-state index in [1.165, 1.54) is 25.7 Å². The molecule has 1 aliphatic rings. The summed E-state index contributed by atoms with van der Waals surface area (Å²) in [4.78, 5) is 10.3. The molecule has 0 aromatic rings. The van der Waals surface area contributed by atoms with Gasteiger partial charge in [-0.25, -0.2) is 0 Å². The first-order valence-corrected chi connectivity index (χ1v) is 5.26. The second kappa shape index (κ2) is 8.97. The van der Waals surface area contributed by atoms with Crippen molar-refractivity contribution >= 4 is 5.91 Å². The molecule has 2 N–H and O–H groups in total. The maximum absolute atomic E-state index is 10.3. The summed E-state index contributed by atoms with van der Waals surface area (Å²) in [7, 11) is 0. The topological polar surface area (TPSA) is 58.6 Å². The molecule has 0 radical (unpaired) electrons. The van der Waals surface area contributed by atoms with E-state index < -0.39 is 6.23 Å². The van der Waals surface area contributed by atoms with Crippen molar-refractivity contribution in [3.8, 4) is 0 Å². The van der Waals surface area contributed by atoms with Gasteiger partial charge < -0.3 is 15.2 Å². The van der Waals surface area contributed by atoms with Crippen LogP contribution >= 0.6 is 0 Å². The second-order valence-electron chi connectivity index (χ2n) is 3.26. The quantitative estimate of drug-likeness (QED) is 0.671. The molecule has 0 saturated carbocycles. The van der Waals surface area contributed by atoms with Crippen LogP contribution in [0.15, 0.2) is 0 Å². The number of ether oxygens (including phenoxy) is 1. The van der Waals surface area contributed by atoms with Crippen LogP contribution in [0.2, 0.25) is 0 Å². The van der Waals surface area contributed by atoms with Crippen LogP contribution in [-0.2, 0) is 9.53 Å². The van der Waals surface area contributed by atoms with E-state index in [-0.39, 0.29) is 19.1 Å². The van der Waals surface area contributed by atoms with E-state index in [9.17, 15) is 4.79 Å². The highest BCUT2D eigenvalue weighted by molar-refractivity contribution is 5.78. The fourth-order valence-corrected chi connectivity index (χ4v) is 1.04. The third-order valence-corrected chi connectivity index (χ3v) is 1.86. The average Bonchev–Trinajstić information content (AvgIpc) is 2.62. The van der Waals surface area contributed by atoms with Gasteiger partial charge in [-0.2, -0.15) is 0 Å². The molecule has 0 aromatic heterocycles. The number of carbonyl (C=O) groups is 1. The van der Waals surface area contributed by atoms with E-state index in [0.29, 0.717) is 0 Å². The van der Waals surface area contributed by atoms with Crippen LogP contribution in [0, 0.1) is 0 Å². The lowest BCUT2D eigenvalue weighted by Gasteiger charge is -2.01. The SMILES string of the molecule is CCCCCC.O=C1COC(CO)N1. The summed E-state index contributed by atoms with van der Waals surface area (Å²) in [6.45, 7) is 4.39. The number of aliphatic hydroxyl groups is 1. The lowest BCUT2D eigenvalue weighted by atomic mass is 10.2. The zero-order valence-electron chi connectivity index (χ0n) is 9.08. The zero-order valence-corrected chi connectivity index (χ0v) is 9.08. The van der Waals surface area contributed by atoms with Gasteiger partial charge >= 0.3 is 0 Å². The van der Waals surface area contributed by atoms with Crippen molar-refractivity contribution in [2.45, 2.75) is 45.8 Å². The van der Waals surface area contributed by atoms with Gasteiger partial charge in [-0.3, -0.25) is 4.79 Å². The van der Waals surface area contributed by atoms with E-state index in [0.717, 1.165) is 0 Å². The molecule has 1 atom stereocenters. The Kier molecular flexibility index (Phi) is 8.57. The molecule has 1 amide bonds. The molecule has 0 aliphatic carbocycles. The van der Waals surface area contributed by atoms with Crippen molar-refractivity contribution in [1.82, 2.24) is 5.32 Å². The summed E-state index contributed by atoms with van der Waals surface area (Å²) in [5.41, 5.74) is 0. The van der Waals surface area contributed by atoms with Gasteiger partial charge in [0.15, 0.2) is 6.23 Å². The Morgan fingerprint density at radius 2 is 2.00 bits per heavy atom. The largest absolute Gasteiger partial charge is 0.392 e. The molecule has 84 valence electrons. The van der Waals surface area contributed by atoms with Crippen molar-refractivity contribution in [2.24, 2.45) is 0 Å². The Hall–Kier alpha value is -0.610. The molecule has 1 rings (SSSR count). The molecule has 0 bridgehead atoms. The van der Waals surface area contributed by atoms with Crippen LogP contribution in [0.3, 0.4) is 0 Å². The van der Waals surface area contributed by atoms with Crippen LogP contribution in [0.4, 0.5) is 0 Å². The number of nitrogens with one attached hydrogen (secondary N) is 1. The lowest BCUT2D eigenvalue weighted by molar-refractivity contribution is -0.119. The molecule has 1 aliphatic heterocycles. The Labute approximate surface area is 85.6 Å². The minimum absolute atomic E-state index is 0.0746. The van der Waals surface area contributed by atoms with Crippen LogP contribution in [0.1, 0.15) is 39.5 Å². The number of hydrogen-bond acceptors (Lipinski definition) is 3. The third-order valence-electron chi connectivity index (χ3n) is 1.86. The summed E-state index contributed by atoms with van der Waals surface area (Å²) in [5.74, 6) is -0.163. The Balaban J connectivity index is 0.000000255. The second-order valence-corrected chi connectivity index (χ2v) is 3.26. The first-order valence-electron chi connectivity index (χ1n) is 5.26. The van der Waals surface area contributed by atoms with Gasteiger partial charge in [0.05, 0.1) is 6.61 Å². The van der Waals surface area contributed by atoms with Crippen molar-refractivity contribution in [2.75, 3.05) is 13.2 Å². The summed E-state index contributed by atoms with van der Waals surface area (Å²) in [6, 6.07) is 0. The number of amides is 1. The first-order chi connectivity index (χ1) is 6.74. The number of rotatable bonds is 4. The number of aliphatic hydroxyl groups excluding tert-OH is 1. The van der Waals surface area contributed by atoms with Gasteiger partial charge in [-0.15, -0.1) is 0 Å². The maximum atomic E-state index is 10.3. The standard InChI is InChI=1S/C6H14.C4H7NO3/c1-3-5-6-4-2;6-1-4-5-3(7)2-8-4/h3-6H2,1-2H3;4,6H,1-2H2,(H,5,7). The molecule has 4 nitrogen and oxygen atoms in total. The highest BCUT2D eigenvalue weighted by atomic mass is 16.5. The predicted molar refractivity (Wildman–Crippen MR) is 54.8 cm³/mol. The number of carbonyl (C=O) groups excluding carboxylic acids is 1. The van der Waals surface area contributed by atoms with Crippen molar-refractivity contribution < 1.29 is 14.6 Å². The van der Waals surface area contributed by atoms with Gasteiger partial charge in [0, 0.05) is 0 Å². The van der Waals surface area contributed by atoms with E-state index >= 15 is 0 Å². The number of unbranched alkanes of at least 4 members (excludes halogenated alkanes) is 3. The summed E-state index contributed by atoms with van der Waals surface area (Å²) in [5, 5.41) is 10.7. The molecule has 1 heterocycles. The molecular weight excluding hydrogens is 182 g/mol. The van der Waals surface area contributed by atoms with Gasteiger partial charge in [-0.05, 0) is 0 Å². The molecule has 1 saturated heterocycles. The van der Waals surface area contributed by atoms with E-state index in [1.54, 1.807) is 0 Å². The average molecular weight is 203 g/mol. The van der Waals surface area contributed by atoms with Gasteiger partial charge in [0.1, 0.15) is 6.61 Å². The molecule has 1 unspecified atom stereocenters. The van der Waals surface area contributed by atoms with E-state index in [4.69, 9.17) is 9.84 Å². The van der Waals surface area contributed by atoms with Crippen LogP contribution in [-0.4, -0.2) is 30.5 Å². The normalized spacial score (nSPS) is 19.9. The zero-order chi connectivity index (χ0) is 10.8. The monoisotopic (exact) mass is 203 g/mol. The predicted octanol–water partition coefficient (Wildman–Crippen LogP) is 1.04. The van der Waals surface area contributed by atoms with Crippen LogP contribution < -0.4 is 5.32 Å². The molecule has 4 heteroatoms. The van der Waals surface area contributed by atoms with Crippen molar-refractivity contribution in [1.29, 1.82) is 0 Å². The lowest BCUT2D eigenvalue weighted by Crippen LogP contribution is -2.29. The summed E-state index contributed by atoms with van der Waals surface area (Å²) in [6.07, 6.45) is 5.07. The minimum Gasteiger partial charge on any atom is -0.392 e. The Bertz CT molecular complexity index is 146. The summed E-state index contributed by atoms with van der Waals surface area (Å²) < 4.78 is 4.70. The summed E-state index contributed by atoms with van der Waals surface area (Å²) >= 11 is 0. The highest BCUT2D eigenvalue weighted by Gasteiger charge is 2.19. The molecule has 0 spiro atoms. The number of hydrogen-bond donors (Lipinski definition) is 2. The first kappa shape index (κ1) is 13.4. The fourth-order valence-electron chi connectivity index (χ4n) is 1.04. The van der Waals surface area contributed by atoms with Gasteiger partial charge in [0.25, 0.3) is 0 Å².